The maximum absolute atomic E-state index is 14.5. The van der Waals surface area contributed by atoms with Gasteiger partial charge < -0.3 is 10.0 Å². The third-order valence-electron chi connectivity index (χ3n) is 6.60. The number of hydrogen-bond acceptors (Lipinski definition) is 6. The van der Waals surface area contributed by atoms with Gasteiger partial charge in [0.2, 0.25) is 0 Å². The quantitative estimate of drug-likeness (QED) is 0.401. The van der Waals surface area contributed by atoms with Crippen LogP contribution in [0.15, 0.2) is 48.7 Å². The lowest BCUT2D eigenvalue weighted by Crippen LogP contribution is -2.44. The molecule has 12 heteroatoms. The molecular formula is C26H22ClFN6O4. The molecule has 2 aromatic heterocycles. The van der Waals surface area contributed by atoms with Gasteiger partial charge in [-0.3, -0.25) is 14.3 Å². The van der Waals surface area contributed by atoms with Crippen molar-refractivity contribution < 1.29 is 23.9 Å². The van der Waals surface area contributed by atoms with Gasteiger partial charge in [-0.15, -0.1) is 5.10 Å². The van der Waals surface area contributed by atoms with E-state index in [9.17, 15) is 18.8 Å². The maximum Gasteiger partial charge on any atom is 0.335 e. The maximum atomic E-state index is 14.5. The lowest BCUT2D eigenvalue weighted by Gasteiger charge is -2.35. The van der Waals surface area contributed by atoms with E-state index in [4.69, 9.17) is 16.7 Å². The summed E-state index contributed by atoms with van der Waals surface area (Å²) in [5, 5.41) is 21.4. The van der Waals surface area contributed by atoms with E-state index in [-0.39, 0.29) is 40.7 Å². The molecule has 0 radical (unpaired) electrons. The highest BCUT2D eigenvalue weighted by Gasteiger charge is 2.40. The Morgan fingerprint density at radius 2 is 1.89 bits per heavy atom. The van der Waals surface area contributed by atoms with Gasteiger partial charge in [-0.25, -0.2) is 13.9 Å². The number of aryl methyl sites for hydroxylation is 2. The predicted octanol–water partition coefficient (Wildman–Crippen LogP) is 3.35. The molecule has 4 aromatic rings. The van der Waals surface area contributed by atoms with Crippen LogP contribution in [0.5, 0.6) is 0 Å². The average Bonchev–Trinajstić information content (AvgIpc) is 3.49. The lowest BCUT2D eigenvalue weighted by molar-refractivity contribution is -0.123. The Bertz CT molecular complexity index is 1580. The Kier molecular flexibility index (Phi) is 6.53. The molecule has 1 unspecified atom stereocenters. The van der Waals surface area contributed by atoms with Gasteiger partial charge in [0.05, 0.1) is 22.5 Å². The van der Waals surface area contributed by atoms with Gasteiger partial charge in [-0.1, -0.05) is 35.0 Å². The molecule has 1 aliphatic rings. The third kappa shape index (κ3) is 4.45. The molecule has 1 N–H and O–H groups in total. The minimum Gasteiger partial charge on any atom is -0.478 e. The Morgan fingerprint density at radius 1 is 1.16 bits per heavy atom. The summed E-state index contributed by atoms with van der Waals surface area (Å²) in [5.41, 5.74) is 2.85. The summed E-state index contributed by atoms with van der Waals surface area (Å²) in [4.78, 5) is 40.0. The van der Waals surface area contributed by atoms with Gasteiger partial charge in [-0.2, -0.15) is 5.10 Å². The number of rotatable bonds is 6. The molecule has 0 bridgehead atoms. The Hall–Kier alpha value is -4.38. The fourth-order valence-electron chi connectivity index (χ4n) is 4.80. The van der Waals surface area contributed by atoms with Crippen LogP contribution in [0.1, 0.15) is 49.4 Å². The van der Waals surface area contributed by atoms with Crippen molar-refractivity contribution in [1.29, 1.82) is 0 Å². The summed E-state index contributed by atoms with van der Waals surface area (Å²) >= 11 is 5.88. The highest BCUT2D eigenvalue weighted by atomic mass is 35.5. The zero-order valence-corrected chi connectivity index (χ0v) is 21.2. The van der Waals surface area contributed by atoms with Crippen molar-refractivity contribution in [2.45, 2.75) is 25.8 Å². The monoisotopic (exact) mass is 536 g/mol. The number of amides is 1. The highest BCUT2D eigenvalue weighted by Crippen LogP contribution is 2.34. The number of carboxylic acids is 1. The molecule has 1 aliphatic heterocycles. The number of hydrogen-bond donors (Lipinski definition) is 1. The van der Waals surface area contributed by atoms with Crippen LogP contribution in [0.4, 0.5) is 4.39 Å². The van der Waals surface area contributed by atoms with Gasteiger partial charge in [0.25, 0.3) is 5.91 Å². The van der Waals surface area contributed by atoms with Gasteiger partial charge in [0, 0.05) is 37.7 Å². The molecule has 1 atom stereocenters. The molecule has 5 rings (SSSR count). The van der Waals surface area contributed by atoms with Crippen LogP contribution >= 0.6 is 11.6 Å². The third-order valence-corrected chi connectivity index (χ3v) is 6.89. The number of nitrogens with zero attached hydrogens (tertiary/aromatic N) is 6. The number of carbonyl (C=O) groups is 3. The Balaban J connectivity index is 1.48. The number of halogens is 2. The molecule has 2 aromatic carbocycles. The van der Waals surface area contributed by atoms with E-state index in [0.717, 1.165) is 10.4 Å². The van der Waals surface area contributed by atoms with Gasteiger partial charge >= 0.3 is 5.97 Å². The lowest BCUT2D eigenvalue weighted by atomic mass is 9.90. The normalized spacial score (nSPS) is 14.8. The van der Waals surface area contributed by atoms with Crippen molar-refractivity contribution in [3.63, 3.8) is 0 Å². The Morgan fingerprint density at radius 3 is 2.61 bits per heavy atom. The number of carboxylic acid groups (broad SMARTS) is 1. The molecule has 10 nitrogen and oxygen atoms in total. The van der Waals surface area contributed by atoms with Crippen molar-refractivity contribution in [3.8, 4) is 5.69 Å². The first kappa shape index (κ1) is 25.3. The Labute approximate surface area is 221 Å². The first-order valence-corrected chi connectivity index (χ1v) is 12.1. The zero-order chi connectivity index (χ0) is 27.1. The minimum absolute atomic E-state index is 0.0253. The van der Waals surface area contributed by atoms with Crippen molar-refractivity contribution in [1.82, 2.24) is 29.7 Å². The molecule has 194 valence electrons. The molecule has 0 fully saturated rings. The van der Waals surface area contributed by atoms with Crippen LogP contribution in [0, 0.1) is 12.7 Å². The fraction of sp³-hybridized carbons (Fsp3) is 0.231. The van der Waals surface area contributed by atoms with Crippen LogP contribution in [-0.2, 0) is 24.7 Å². The van der Waals surface area contributed by atoms with E-state index < -0.39 is 23.7 Å². The molecule has 1 amide bonds. The molecule has 38 heavy (non-hydrogen) atoms. The van der Waals surface area contributed by atoms with Gasteiger partial charge in [0.15, 0.2) is 17.3 Å². The fourth-order valence-corrected chi connectivity index (χ4v) is 4.97. The van der Waals surface area contributed by atoms with E-state index in [1.165, 1.54) is 35.4 Å². The number of Topliss-reactive ketones (excluding diaryl/α,β-unsaturated/α-hetero) is 1. The largest absolute Gasteiger partial charge is 0.478 e. The topological polar surface area (TPSA) is 123 Å². The second kappa shape index (κ2) is 9.82. The first-order chi connectivity index (χ1) is 18.2. The van der Waals surface area contributed by atoms with E-state index in [1.54, 1.807) is 36.9 Å². The van der Waals surface area contributed by atoms with E-state index in [0.29, 0.717) is 23.2 Å². The molecule has 0 saturated heterocycles. The zero-order valence-electron chi connectivity index (χ0n) is 20.4. The molecule has 3 heterocycles. The number of carbonyl (C=O) groups excluding carboxylic acids is 2. The van der Waals surface area contributed by atoms with Crippen LogP contribution in [0.2, 0.25) is 5.02 Å². The van der Waals surface area contributed by atoms with E-state index >= 15 is 0 Å². The van der Waals surface area contributed by atoms with E-state index in [2.05, 4.69) is 15.4 Å². The minimum atomic E-state index is -1.06. The second-order valence-corrected chi connectivity index (χ2v) is 9.39. The smallest absolute Gasteiger partial charge is 0.335 e. The summed E-state index contributed by atoms with van der Waals surface area (Å²) in [6.07, 6.45) is 1.75. The van der Waals surface area contributed by atoms with Crippen LogP contribution in [0.25, 0.3) is 5.69 Å². The van der Waals surface area contributed by atoms with Crippen LogP contribution in [0.3, 0.4) is 0 Å². The predicted molar refractivity (Wildman–Crippen MR) is 134 cm³/mol. The molecule has 0 spiro atoms. The van der Waals surface area contributed by atoms with E-state index in [1.807, 2.05) is 0 Å². The average molecular weight is 537 g/mol. The SMILES string of the molecule is Cc1nn(C)c2c1C(C(=O)Cc1ccc(C(=O)O)cc1)N(C(=O)c1cn(-c3cccc(Cl)c3F)nn1)CC2. The van der Waals surface area contributed by atoms with Crippen molar-refractivity contribution >= 4 is 29.3 Å². The van der Waals surface area contributed by atoms with Crippen molar-refractivity contribution in [2.75, 3.05) is 6.54 Å². The summed E-state index contributed by atoms with van der Waals surface area (Å²) in [7, 11) is 1.79. The second-order valence-electron chi connectivity index (χ2n) is 8.99. The van der Waals surface area contributed by atoms with Crippen molar-refractivity contribution in [3.05, 3.63) is 93.3 Å². The number of aromatic carboxylic acids is 1. The molecule has 0 saturated carbocycles. The number of fused-ring (bicyclic) bond motifs is 1. The van der Waals surface area contributed by atoms with Gasteiger partial charge in [-0.05, 0) is 36.8 Å². The highest BCUT2D eigenvalue weighted by molar-refractivity contribution is 6.30. The molecular weight excluding hydrogens is 515 g/mol. The summed E-state index contributed by atoms with van der Waals surface area (Å²) in [6, 6.07) is 9.50. The summed E-state index contributed by atoms with van der Waals surface area (Å²) in [5.74, 6) is -2.55. The van der Waals surface area contributed by atoms with Crippen molar-refractivity contribution in [2.24, 2.45) is 7.05 Å². The summed E-state index contributed by atoms with van der Waals surface area (Å²) < 4.78 is 17.3. The standard InChI is InChI=1S/C26H22ClFN6O4/c1-14-22-19(32(2)30-14)10-11-33(24(22)21(35)12-15-6-8-16(9-7-15)26(37)38)25(36)18-13-34(31-29-18)20-5-3-4-17(27)23(20)28/h3-9,13,24H,10-12H2,1-2H3,(H,37,38). The van der Waals surface area contributed by atoms with Gasteiger partial charge in [0.1, 0.15) is 11.7 Å². The first-order valence-electron chi connectivity index (χ1n) is 11.7. The number of ketones is 1. The molecule has 0 aliphatic carbocycles. The summed E-state index contributed by atoms with van der Waals surface area (Å²) in [6.45, 7) is 2.02. The van der Waals surface area contributed by atoms with Crippen LogP contribution in [-0.4, -0.2) is 59.0 Å². The number of aromatic nitrogens is 5. The number of benzene rings is 2. The van der Waals surface area contributed by atoms with Crippen LogP contribution < -0.4 is 0 Å².